The van der Waals surface area contributed by atoms with Crippen molar-refractivity contribution in [2.45, 2.75) is 25.4 Å². The van der Waals surface area contributed by atoms with Crippen LogP contribution < -0.4 is 5.32 Å². The van der Waals surface area contributed by atoms with E-state index >= 15 is 0 Å². The van der Waals surface area contributed by atoms with Gasteiger partial charge in [0.05, 0.1) is 18.1 Å². The molecular formula is C11H14BrNO2S. The highest BCUT2D eigenvalue weighted by Crippen LogP contribution is 2.21. The van der Waals surface area contributed by atoms with Crippen molar-refractivity contribution in [3.8, 4) is 0 Å². The summed E-state index contributed by atoms with van der Waals surface area (Å²) in [7, 11) is 0. The molecular weight excluding hydrogens is 290 g/mol. The average Bonchev–Trinajstić information content (AvgIpc) is 2.65. The standard InChI is InChI=1S/C11H14BrNO2S/c1-7-4-15-5-9(13-7)3-10(14)11-2-8(12)6-16-11/h2,6-7,9,13H,3-5H2,1H3. The second kappa shape index (κ2) is 5.40. The molecule has 88 valence electrons. The Labute approximate surface area is 107 Å². The van der Waals surface area contributed by atoms with Gasteiger partial charge in [0.15, 0.2) is 5.78 Å². The first-order chi connectivity index (χ1) is 7.65. The Hall–Kier alpha value is -0.230. The number of halogens is 1. The molecule has 2 atom stereocenters. The smallest absolute Gasteiger partial charge is 0.174 e. The largest absolute Gasteiger partial charge is 0.378 e. The van der Waals surface area contributed by atoms with E-state index in [1.165, 1.54) is 11.3 Å². The van der Waals surface area contributed by atoms with Crippen molar-refractivity contribution in [2.24, 2.45) is 0 Å². The molecule has 2 unspecified atom stereocenters. The highest BCUT2D eigenvalue weighted by Gasteiger charge is 2.22. The molecule has 1 fully saturated rings. The Balaban J connectivity index is 1.92. The number of morpholine rings is 1. The molecule has 0 saturated carbocycles. The van der Waals surface area contributed by atoms with Gasteiger partial charge in [-0.15, -0.1) is 11.3 Å². The van der Waals surface area contributed by atoms with Crippen LogP contribution in [0.4, 0.5) is 0 Å². The highest BCUT2D eigenvalue weighted by atomic mass is 79.9. The van der Waals surface area contributed by atoms with E-state index in [0.29, 0.717) is 19.1 Å². The number of nitrogens with one attached hydrogen (secondary N) is 1. The number of carbonyl (C=O) groups is 1. The maximum Gasteiger partial charge on any atom is 0.174 e. The fourth-order valence-electron chi connectivity index (χ4n) is 1.79. The Kier molecular flexibility index (Phi) is 4.13. The van der Waals surface area contributed by atoms with Crippen molar-refractivity contribution in [3.63, 3.8) is 0 Å². The number of hydrogen-bond acceptors (Lipinski definition) is 4. The number of ketones is 1. The van der Waals surface area contributed by atoms with E-state index in [1.807, 2.05) is 11.4 Å². The van der Waals surface area contributed by atoms with Crippen LogP contribution in [-0.2, 0) is 4.74 Å². The number of hydrogen-bond donors (Lipinski definition) is 1. The van der Waals surface area contributed by atoms with Crippen LogP contribution in [0.2, 0.25) is 0 Å². The van der Waals surface area contributed by atoms with E-state index in [2.05, 4.69) is 28.2 Å². The molecule has 0 aromatic carbocycles. The summed E-state index contributed by atoms with van der Waals surface area (Å²) in [4.78, 5) is 12.7. The van der Waals surface area contributed by atoms with Gasteiger partial charge in [0, 0.05) is 28.4 Å². The molecule has 2 rings (SSSR count). The maximum absolute atomic E-state index is 11.9. The van der Waals surface area contributed by atoms with Gasteiger partial charge in [-0.2, -0.15) is 0 Å². The lowest BCUT2D eigenvalue weighted by molar-refractivity contribution is 0.0464. The van der Waals surface area contributed by atoms with Crippen LogP contribution in [0.25, 0.3) is 0 Å². The summed E-state index contributed by atoms with van der Waals surface area (Å²) in [5, 5.41) is 5.30. The second-order valence-electron chi connectivity index (χ2n) is 4.06. The van der Waals surface area contributed by atoms with Gasteiger partial charge in [0.2, 0.25) is 0 Å². The minimum atomic E-state index is 0.150. The number of thiophene rings is 1. The average molecular weight is 304 g/mol. The zero-order valence-corrected chi connectivity index (χ0v) is 11.4. The molecule has 1 aromatic heterocycles. The quantitative estimate of drug-likeness (QED) is 0.872. The Morgan fingerprint density at radius 2 is 2.50 bits per heavy atom. The van der Waals surface area contributed by atoms with Gasteiger partial charge in [0.25, 0.3) is 0 Å². The molecule has 1 N–H and O–H groups in total. The van der Waals surface area contributed by atoms with Crippen LogP contribution in [-0.4, -0.2) is 31.1 Å². The van der Waals surface area contributed by atoms with Gasteiger partial charge < -0.3 is 10.1 Å². The molecule has 2 heterocycles. The van der Waals surface area contributed by atoms with E-state index in [9.17, 15) is 4.79 Å². The first-order valence-electron chi connectivity index (χ1n) is 5.26. The van der Waals surface area contributed by atoms with Crippen molar-refractivity contribution in [3.05, 3.63) is 20.8 Å². The van der Waals surface area contributed by atoms with Crippen molar-refractivity contribution >= 4 is 33.0 Å². The molecule has 3 nitrogen and oxygen atoms in total. The zero-order chi connectivity index (χ0) is 11.5. The molecule has 0 spiro atoms. The lowest BCUT2D eigenvalue weighted by atomic mass is 10.1. The molecule has 1 saturated heterocycles. The second-order valence-corrected chi connectivity index (χ2v) is 5.89. The number of Topliss-reactive ketones (excluding diaryl/α,β-unsaturated/α-hetero) is 1. The molecule has 1 aromatic rings. The lowest BCUT2D eigenvalue weighted by Crippen LogP contribution is -2.48. The molecule has 16 heavy (non-hydrogen) atoms. The third-order valence-corrected chi connectivity index (χ3v) is 4.21. The normalized spacial score (nSPS) is 25.6. The van der Waals surface area contributed by atoms with Crippen LogP contribution in [0, 0.1) is 0 Å². The SMILES string of the molecule is CC1COCC(CC(=O)c2cc(Br)cs2)N1. The van der Waals surface area contributed by atoms with Crippen LogP contribution >= 0.6 is 27.3 Å². The third kappa shape index (κ3) is 3.13. The van der Waals surface area contributed by atoms with Gasteiger partial charge in [-0.3, -0.25) is 4.79 Å². The monoisotopic (exact) mass is 303 g/mol. The fraction of sp³-hybridized carbons (Fsp3) is 0.545. The van der Waals surface area contributed by atoms with Gasteiger partial charge in [-0.25, -0.2) is 0 Å². The Bertz CT molecular complexity index is 380. The summed E-state index contributed by atoms with van der Waals surface area (Å²) in [5.41, 5.74) is 0. The first kappa shape index (κ1) is 12.2. The molecule has 0 amide bonds. The van der Waals surface area contributed by atoms with E-state index in [-0.39, 0.29) is 11.8 Å². The lowest BCUT2D eigenvalue weighted by Gasteiger charge is -2.28. The summed E-state index contributed by atoms with van der Waals surface area (Å²) < 4.78 is 6.39. The predicted octanol–water partition coefficient (Wildman–Crippen LogP) is 2.46. The molecule has 1 aliphatic heterocycles. The molecule has 0 bridgehead atoms. The van der Waals surface area contributed by atoms with Crippen LogP contribution in [0.15, 0.2) is 15.9 Å². The number of rotatable bonds is 3. The summed E-state index contributed by atoms with van der Waals surface area (Å²) in [6, 6.07) is 2.36. The summed E-state index contributed by atoms with van der Waals surface area (Å²) in [5.74, 6) is 0.186. The van der Waals surface area contributed by atoms with E-state index in [0.717, 1.165) is 16.0 Å². The van der Waals surface area contributed by atoms with Crippen LogP contribution in [0.5, 0.6) is 0 Å². The summed E-state index contributed by atoms with van der Waals surface area (Å²) in [6.07, 6.45) is 0.511. The van der Waals surface area contributed by atoms with Crippen molar-refractivity contribution in [1.82, 2.24) is 5.32 Å². The van der Waals surface area contributed by atoms with Crippen LogP contribution in [0.1, 0.15) is 23.0 Å². The van der Waals surface area contributed by atoms with Crippen LogP contribution in [0.3, 0.4) is 0 Å². The minimum Gasteiger partial charge on any atom is -0.378 e. The Morgan fingerprint density at radius 1 is 1.69 bits per heavy atom. The molecule has 0 aliphatic carbocycles. The maximum atomic E-state index is 11.9. The predicted molar refractivity (Wildman–Crippen MR) is 68.2 cm³/mol. The Morgan fingerprint density at radius 3 is 3.12 bits per heavy atom. The van der Waals surface area contributed by atoms with E-state index in [1.54, 1.807) is 0 Å². The minimum absolute atomic E-state index is 0.150. The first-order valence-corrected chi connectivity index (χ1v) is 6.93. The number of carbonyl (C=O) groups excluding carboxylic acids is 1. The molecule has 1 aliphatic rings. The third-order valence-electron chi connectivity index (χ3n) is 2.48. The highest BCUT2D eigenvalue weighted by molar-refractivity contribution is 9.10. The topological polar surface area (TPSA) is 38.3 Å². The summed E-state index contributed by atoms with van der Waals surface area (Å²) >= 11 is 4.84. The zero-order valence-electron chi connectivity index (χ0n) is 9.03. The van der Waals surface area contributed by atoms with E-state index in [4.69, 9.17) is 4.74 Å². The fourth-order valence-corrected chi connectivity index (χ4v) is 3.17. The van der Waals surface area contributed by atoms with Gasteiger partial charge >= 0.3 is 0 Å². The molecule has 5 heteroatoms. The van der Waals surface area contributed by atoms with Gasteiger partial charge in [-0.05, 0) is 28.9 Å². The van der Waals surface area contributed by atoms with Gasteiger partial charge in [0.1, 0.15) is 0 Å². The molecule has 0 radical (unpaired) electrons. The number of ether oxygens (including phenoxy) is 1. The summed E-state index contributed by atoms with van der Waals surface area (Å²) in [6.45, 7) is 3.43. The van der Waals surface area contributed by atoms with Gasteiger partial charge in [-0.1, -0.05) is 0 Å². The van der Waals surface area contributed by atoms with Crippen molar-refractivity contribution < 1.29 is 9.53 Å². The van der Waals surface area contributed by atoms with Crippen molar-refractivity contribution in [1.29, 1.82) is 0 Å². The van der Waals surface area contributed by atoms with E-state index < -0.39 is 0 Å². The van der Waals surface area contributed by atoms with Crippen molar-refractivity contribution in [2.75, 3.05) is 13.2 Å².